The molecule has 1 atom stereocenters. The maximum absolute atomic E-state index is 11.8. The zero-order valence-electron chi connectivity index (χ0n) is 11.0. The maximum Gasteiger partial charge on any atom is 0.345 e. The van der Waals surface area contributed by atoms with Gasteiger partial charge in [0.15, 0.2) is 5.78 Å². The summed E-state index contributed by atoms with van der Waals surface area (Å²) in [6, 6.07) is 0. The molecule has 0 aromatic carbocycles. The molecule has 0 radical (unpaired) electrons. The van der Waals surface area contributed by atoms with E-state index in [1.54, 1.807) is 0 Å². The Balaban J connectivity index is 4.66. The molecule has 0 rings (SSSR count). The van der Waals surface area contributed by atoms with Gasteiger partial charge in [0.25, 0.3) is 0 Å². The van der Waals surface area contributed by atoms with Crippen LogP contribution >= 0.6 is 0 Å². The number of methoxy groups -OCH3 is 1. The van der Waals surface area contributed by atoms with Gasteiger partial charge in [-0.3, -0.25) is 14.5 Å². The number of nitrogens with zero attached hydrogens (tertiary/aromatic N) is 2. The van der Waals surface area contributed by atoms with Crippen molar-refractivity contribution in [1.82, 2.24) is 10.5 Å². The second-order valence-corrected chi connectivity index (χ2v) is 3.03. The molecule has 0 saturated carbocycles. The number of esters is 1. The highest BCUT2D eigenvalue weighted by Gasteiger charge is 2.32. The van der Waals surface area contributed by atoms with E-state index in [1.807, 2.05) is 0 Å². The summed E-state index contributed by atoms with van der Waals surface area (Å²) >= 11 is 0. The smallest absolute Gasteiger partial charge is 0.345 e. The lowest BCUT2D eigenvalue weighted by molar-refractivity contribution is -0.514. The molecule has 0 spiro atoms. The van der Waals surface area contributed by atoms with Crippen molar-refractivity contribution in [3.8, 4) is 0 Å². The fraction of sp³-hybridized carbons (Fsp3) is 0.778. The Morgan fingerprint density at radius 2 is 1.61 bits per heavy atom. The van der Waals surface area contributed by atoms with Crippen molar-refractivity contribution in [2.75, 3.05) is 42.0 Å². The maximum atomic E-state index is 11.8. The lowest BCUT2D eigenvalue weighted by Crippen LogP contribution is -2.43. The molecular weight excluding hydrogens is 248 g/mol. The number of hydroxylamine groups is 2. The molecule has 0 saturated heterocycles. The van der Waals surface area contributed by atoms with Crippen molar-refractivity contribution in [1.29, 1.82) is 0 Å². The van der Waals surface area contributed by atoms with Gasteiger partial charge in [0.05, 0.1) is 40.4 Å². The van der Waals surface area contributed by atoms with Crippen LogP contribution in [0.2, 0.25) is 0 Å². The molecule has 0 fully saturated rings. The minimum atomic E-state index is -1.51. The highest BCUT2D eigenvalue weighted by molar-refractivity contribution is 6.02. The minimum Gasteiger partial charge on any atom is -0.467 e. The summed E-state index contributed by atoms with van der Waals surface area (Å²) < 4.78 is 4.46. The molecule has 0 aromatic rings. The molecule has 106 valence electrons. The average molecular weight is 266 g/mol. The van der Waals surface area contributed by atoms with Gasteiger partial charge in [-0.2, -0.15) is 5.06 Å². The van der Waals surface area contributed by atoms with Crippen LogP contribution in [0.15, 0.2) is 0 Å². The van der Waals surface area contributed by atoms with Crippen molar-refractivity contribution >= 4 is 11.8 Å². The highest BCUT2D eigenvalue weighted by Crippen LogP contribution is 2.04. The number of hydrogen-bond donors (Lipinski definition) is 0. The molecule has 0 bridgehead atoms. The Morgan fingerprint density at radius 1 is 1.06 bits per heavy atom. The molecule has 0 aliphatic carbocycles. The first kappa shape index (κ1) is 16.9. The van der Waals surface area contributed by atoms with Crippen LogP contribution in [0.3, 0.4) is 0 Å². The van der Waals surface area contributed by atoms with E-state index in [2.05, 4.69) is 14.4 Å². The molecule has 9 heteroatoms. The van der Waals surface area contributed by atoms with Gasteiger partial charge in [0.1, 0.15) is 0 Å². The molecule has 18 heavy (non-hydrogen) atoms. The molecule has 9 nitrogen and oxygen atoms in total. The van der Waals surface area contributed by atoms with Crippen molar-refractivity contribution in [2.45, 2.75) is 6.10 Å². The Labute approximate surface area is 105 Å². The van der Waals surface area contributed by atoms with E-state index in [0.717, 1.165) is 7.11 Å². The van der Waals surface area contributed by atoms with E-state index in [-0.39, 0.29) is 6.54 Å². The van der Waals surface area contributed by atoms with E-state index in [4.69, 9.17) is 9.68 Å². The SMILES string of the molecule is COC(=O)C(ON(OC)OC)C(=O)CN(C)OC. The average Bonchev–Trinajstić information content (AvgIpc) is 2.38. The highest BCUT2D eigenvalue weighted by atomic mass is 17.2. The predicted molar refractivity (Wildman–Crippen MR) is 57.4 cm³/mol. The lowest BCUT2D eigenvalue weighted by atomic mass is 10.2. The molecule has 0 amide bonds. The summed E-state index contributed by atoms with van der Waals surface area (Å²) in [6.07, 6.45) is -1.51. The largest absolute Gasteiger partial charge is 0.467 e. The summed E-state index contributed by atoms with van der Waals surface area (Å²) in [5, 5.41) is 1.75. The van der Waals surface area contributed by atoms with Crippen LogP contribution in [-0.2, 0) is 33.7 Å². The van der Waals surface area contributed by atoms with Gasteiger partial charge in [-0.1, -0.05) is 0 Å². The summed E-state index contributed by atoms with van der Waals surface area (Å²) in [6.45, 7) is -0.169. The number of rotatable bonds is 9. The van der Waals surface area contributed by atoms with Crippen LogP contribution in [-0.4, -0.2) is 70.3 Å². The van der Waals surface area contributed by atoms with Crippen LogP contribution in [0.4, 0.5) is 0 Å². The van der Waals surface area contributed by atoms with Crippen LogP contribution in [0, 0.1) is 0 Å². The number of ketones is 1. The number of Topliss-reactive ketones (excluding diaryl/α,β-unsaturated/α-hetero) is 1. The third-order valence-corrected chi connectivity index (χ3v) is 1.89. The van der Waals surface area contributed by atoms with Crippen LogP contribution in [0.1, 0.15) is 0 Å². The Hall–Kier alpha value is -1.10. The second-order valence-electron chi connectivity index (χ2n) is 3.03. The first-order chi connectivity index (χ1) is 8.49. The molecule has 0 aliphatic heterocycles. The Morgan fingerprint density at radius 3 is 2.00 bits per heavy atom. The lowest BCUT2D eigenvalue weighted by Gasteiger charge is -2.21. The number of likely N-dealkylation sites (N-methyl/N-ethyl adjacent to an activating group) is 1. The standard InChI is InChI=1S/C9H18N2O7/c1-10(15-3)6-7(12)8(9(13)14-2)18-11(16-4)17-5/h8H,6H2,1-5H3. The summed E-state index contributed by atoms with van der Waals surface area (Å²) in [4.78, 5) is 42.1. The van der Waals surface area contributed by atoms with Gasteiger partial charge in [0, 0.05) is 7.05 Å². The van der Waals surface area contributed by atoms with E-state index >= 15 is 0 Å². The normalized spacial score (nSPS) is 12.8. The summed E-state index contributed by atoms with van der Waals surface area (Å²) in [5.74, 6) is -1.45. The molecule has 0 aliphatic rings. The molecule has 1 unspecified atom stereocenters. The van der Waals surface area contributed by atoms with Gasteiger partial charge in [-0.05, 0) is 0 Å². The van der Waals surface area contributed by atoms with Gasteiger partial charge in [-0.25, -0.2) is 9.63 Å². The van der Waals surface area contributed by atoms with Gasteiger partial charge in [0.2, 0.25) is 6.10 Å². The second kappa shape index (κ2) is 8.91. The molecule has 0 N–H and O–H groups in total. The third kappa shape index (κ3) is 5.49. The topological polar surface area (TPSA) is 86.8 Å². The van der Waals surface area contributed by atoms with Gasteiger partial charge >= 0.3 is 5.97 Å². The number of carbonyl (C=O) groups excluding carboxylic acids is 2. The fourth-order valence-corrected chi connectivity index (χ4v) is 0.954. The van der Waals surface area contributed by atoms with Crippen LogP contribution < -0.4 is 0 Å². The van der Waals surface area contributed by atoms with Gasteiger partial charge in [-0.15, -0.1) is 0 Å². The monoisotopic (exact) mass is 266 g/mol. The zero-order chi connectivity index (χ0) is 14.1. The summed E-state index contributed by atoms with van der Waals surface area (Å²) in [7, 11) is 6.53. The Kier molecular flexibility index (Phi) is 8.37. The quantitative estimate of drug-likeness (QED) is 0.294. The molecule has 0 heterocycles. The van der Waals surface area contributed by atoms with Gasteiger partial charge < -0.3 is 9.57 Å². The zero-order valence-corrected chi connectivity index (χ0v) is 11.0. The number of carbonyl (C=O) groups is 2. The van der Waals surface area contributed by atoms with Crippen LogP contribution in [0.5, 0.6) is 0 Å². The predicted octanol–water partition coefficient (Wildman–Crippen LogP) is -1.05. The molecule has 0 aromatic heterocycles. The first-order valence-electron chi connectivity index (χ1n) is 4.91. The first-order valence-corrected chi connectivity index (χ1v) is 4.91. The number of hydrogen-bond acceptors (Lipinski definition) is 9. The Bertz CT molecular complexity index is 270. The minimum absolute atomic E-state index is 0.169. The number of ether oxygens (including phenoxy) is 1. The van der Waals surface area contributed by atoms with Crippen molar-refractivity contribution in [2.24, 2.45) is 0 Å². The van der Waals surface area contributed by atoms with Crippen molar-refractivity contribution in [3.05, 3.63) is 0 Å². The summed E-state index contributed by atoms with van der Waals surface area (Å²) in [5.41, 5.74) is 0. The van der Waals surface area contributed by atoms with E-state index < -0.39 is 17.9 Å². The fourth-order valence-electron chi connectivity index (χ4n) is 0.954. The van der Waals surface area contributed by atoms with E-state index in [9.17, 15) is 9.59 Å². The molecular formula is C9H18N2O7. The van der Waals surface area contributed by atoms with E-state index in [1.165, 1.54) is 33.4 Å². The van der Waals surface area contributed by atoms with Crippen molar-refractivity contribution in [3.63, 3.8) is 0 Å². The van der Waals surface area contributed by atoms with Crippen molar-refractivity contribution < 1.29 is 33.7 Å². The third-order valence-electron chi connectivity index (χ3n) is 1.89. The van der Waals surface area contributed by atoms with E-state index in [0.29, 0.717) is 5.39 Å². The van der Waals surface area contributed by atoms with Crippen LogP contribution in [0.25, 0.3) is 0 Å².